The third-order valence-electron chi connectivity index (χ3n) is 2.97. The van der Waals surface area contributed by atoms with Gasteiger partial charge in [-0.2, -0.15) is 5.10 Å². The first-order chi connectivity index (χ1) is 10.0. The smallest absolute Gasteiger partial charge is 0.340 e. The summed E-state index contributed by atoms with van der Waals surface area (Å²) in [6, 6.07) is 5.07. The van der Waals surface area contributed by atoms with Gasteiger partial charge in [-0.15, -0.1) is 0 Å². The number of carbonyl (C=O) groups excluding carboxylic acids is 1. The fourth-order valence-electron chi connectivity index (χ4n) is 1.99. The normalized spacial score (nSPS) is 10.4. The summed E-state index contributed by atoms with van der Waals surface area (Å²) in [6.07, 6.45) is 2.59. The van der Waals surface area contributed by atoms with Crippen LogP contribution < -0.4 is 11.1 Å². The fraction of sp³-hybridized carbons (Fsp3) is 0.286. The van der Waals surface area contributed by atoms with Crippen LogP contribution in [0.2, 0.25) is 5.02 Å². The number of benzene rings is 1. The number of nitrogens with two attached hydrogens (primary N) is 1. The number of nitrogen functional groups attached to an aromatic ring is 1. The van der Waals surface area contributed by atoms with Gasteiger partial charge in [-0.05, 0) is 18.2 Å². The molecule has 0 aliphatic heterocycles. The largest absolute Gasteiger partial charge is 0.465 e. The number of ether oxygens (including phenoxy) is 1. The highest BCUT2D eigenvalue weighted by molar-refractivity contribution is 6.34. The molecule has 0 aliphatic rings. The number of anilines is 2. The van der Waals surface area contributed by atoms with Gasteiger partial charge in [-0.3, -0.25) is 4.68 Å². The van der Waals surface area contributed by atoms with Crippen LogP contribution in [0.5, 0.6) is 0 Å². The maximum Gasteiger partial charge on any atom is 0.340 e. The Bertz CT molecular complexity index is 654. The van der Waals surface area contributed by atoms with Crippen LogP contribution in [0.3, 0.4) is 0 Å². The van der Waals surface area contributed by atoms with E-state index < -0.39 is 5.97 Å². The molecule has 0 atom stereocenters. The lowest BCUT2D eigenvalue weighted by Crippen LogP contribution is -2.12. The van der Waals surface area contributed by atoms with Crippen molar-refractivity contribution in [1.29, 1.82) is 0 Å². The standard InChI is InChI=1S/C14H17ClN4O2/c1-19-6-4-10(18-19)3-5-17-13-11(14(20)21-2)7-9(16)8-12(13)15/h4,6-8,17H,3,5,16H2,1-2H3. The van der Waals surface area contributed by atoms with E-state index in [2.05, 4.69) is 10.4 Å². The molecule has 1 heterocycles. The fourth-order valence-corrected chi connectivity index (χ4v) is 2.28. The molecule has 21 heavy (non-hydrogen) atoms. The SMILES string of the molecule is COC(=O)c1cc(N)cc(Cl)c1NCCc1ccn(C)n1. The highest BCUT2D eigenvalue weighted by Crippen LogP contribution is 2.29. The van der Waals surface area contributed by atoms with Crippen LogP contribution in [0.4, 0.5) is 11.4 Å². The van der Waals surface area contributed by atoms with Gasteiger partial charge in [-0.25, -0.2) is 4.79 Å². The molecular formula is C14H17ClN4O2. The average Bonchev–Trinajstić information content (AvgIpc) is 2.85. The maximum absolute atomic E-state index is 11.8. The van der Waals surface area contributed by atoms with Crippen molar-refractivity contribution in [3.8, 4) is 0 Å². The first-order valence-electron chi connectivity index (χ1n) is 6.41. The predicted molar refractivity (Wildman–Crippen MR) is 82.6 cm³/mol. The number of hydrogen-bond donors (Lipinski definition) is 2. The van der Waals surface area contributed by atoms with Crippen molar-refractivity contribution >= 4 is 28.9 Å². The van der Waals surface area contributed by atoms with Crippen molar-refractivity contribution in [2.45, 2.75) is 6.42 Å². The molecule has 3 N–H and O–H groups in total. The molecule has 0 unspecified atom stereocenters. The molecule has 2 aromatic rings. The van der Waals surface area contributed by atoms with Gasteiger partial charge in [0, 0.05) is 31.9 Å². The number of halogens is 1. The molecule has 0 bridgehead atoms. The van der Waals surface area contributed by atoms with Crippen molar-refractivity contribution < 1.29 is 9.53 Å². The summed E-state index contributed by atoms with van der Waals surface area (Å²) in [5, 5.41) is 7.81. The summed E-state index contributed by atoms with van der Waals surface area (Å²) in [4.78, 5) is 11.8. The quantitative estimate of drug-likeness (QED) is 0.653. The molecule has 6 nitrogen and oxygen atoms in total. The number of nitrogens with one attached hydrogen (secondary N) is 1. The van der Waals surface area contributed by atoms with Crippen LogP contribution in [0, 0.1) is 0 Å². The molecule has 1 aromatic heterocycles. The Morgan fingerprint density at radius 2 is 2.29 bits per heavy atom. The summed E-state index contributed by atoms with van der Waals surface area (Å²) in [5.41, 5.74) is 7.92. The van der Waals surface area contributed by atoms with E-state index >= 15 is 0 Å². The summed E-state index contributed by atoms with van der Waals surface area (Å²) >= 11 is 6.15. The molecule has 112 valence electrons. The summed E-state index contributed by atoms with van der Waals surface area (Å²) in [5.74, 6) is -0.482. The molecule has 0 fully saturated rings. The van der Waals surface area contributed by atoms with Gasteiger partial charge in [-0.1, -0.05) is 11.6 Å². The number of aromatic nitrogens is 2. The van der Waals surface area contributed by atoms with Crippen LogP contribution in [0.25, 0.3) is 0 Å². The number of methoxy groups -OCH3 is 1. The van der Waals surface area contributed by atoms with Crippen LogP contribution in [0.15, 0.2) is 24.4 Å². The second-order valence-corrected chi connectivity index (χ2v) is 4.98. The predicted octanol–water partition coefficient (Wildman–Crippen LogP) is 2.10. The van der Waals surface area contributed by atoms with E-state index in [1.54, 1.807) is 16.8 Å². The van der Waals surface area contributed by atoms with Gasteiger partial charge in [0.05, 0.1) is 29.1 Å². The lowest BCUT2D eigenvalue weighted by Gasteiger charge is -2.13. The van der Waals surface area contributed by atoms with Gasteiger partial charge in [0.2, 0.25) is 0 Å². The molecule has 2 rings (SSSR count). The van der Waals surface area contributed by atoms with Crippen molar-refractivity contribution in [1.82, 2.24) is 9.78 Å². The third kappa shape index (κ3) is 3.66. The van der Waals surface area contributed by atoms with Gasteiger partial charge in [0.15, 0.2) is 0 Å². The van der Waals surface area contributed by atoms with Crippen LogP contribution >= 0.6 is 11.6 Å². The van der Waals surface area contributed by atoms with Gasteiger partial charge in [0.25, 0.3) is 0 Å². The minimum absolute atomic E-state index is 0.323. The highest BCUT2D eigenvalue weighted by Gasteiger charge is 2.16. The number of nitrogens with zero attached hydrogens (tertiary/aromatic N) is 2. The summed E-state index contributed by atoms with van der Waals surface area (Å²) in [7, 11) is 3.18. The number of aryl methyl sites for hydroxylation is 1. The van der Waals surface area contributed by atoms with E-state index in [0.29, 0.717) is 34.9 Å². The zero-order chi connectivity index (χ0) is 15.4. The highest BCUT2D eigenvalue weighted by atomic mass is 35.5. The van der Waals surface area contributed by atoms with E-state index in [1.807, 2.05) is 19.3 Å². The van der Waals surface area contributed by atoms with E-state index in [9.17, 15) is 4.79 Å². The Morgan fingerprint density at radius 3 is 2.90 bits per heavy atom. The Hall–Kier alpha value is -2.21. The number of rotatable bonds is 5. The van der Waals surface area contributed by atoms with Gasteiger partial charge < -0.3 is 15.8 Å². The Morgan fingerprint density at radius 1 is 1.52 bits per heavy atom. The van der Waals surface area contributed by atoms with E-state index in [4.69, 9.17) is 22.1 Å². The minimum Gasteiger partial charge on any atom is -0.465 e. The molecule has 0 amide bonds. The van der Waals surface area contributed by atoms with Crippen molar-refractivity contribution in [2.75, 3.05) is 24.7 Å². The molecule has 7 heteroatoms. The molecule has 0 spiro atoms. The molecule has 1 aromatic carbocycles. The Kier molecular flexibility index (Phi) is 4.70. The van der Waals surface area contributed by atoms with E-state index in [1.165, 1.54) is 7.11 Å². The summed E-state index contributed by atoms with van der Waals surface area (Å²) in [6.45, 7) is 0.588. The first kappa shape index (κ1) is 15.2. The van der Waals surface area contributed by atoms with E-state index in [0.717, 1.165) is 5.69 Å². The van der Waals surface area contributed by atoms with Crippen molar-refractivity contribution in [3.05, 3.63) is 40.7 Å². The zero-order valence-corrected chi connectivity index (χ0v) is 12.6. The van der Waals surface area contributed by atoms with Crippen LogP contribution in [0.1, 0.15) is 16.1 Å². The lowest BCUT2D eigenvalue weighted by molar-refractivity contribution is 0.0602. The number of esters is 1. The maximum atomic E-state index is 11.8. The number of carbonyl (C=O) groups is 1. The number of hydrogen-bond acceptors (Lipinski definition) is 5. The second-order valence-electron chi connectivity index (χ2n) is 4.57. The summed E-state index contributed by atoms with van der Waals surface area (Å²) < 4.78 is 6.49. The molecule has 0 saturated heterocycles. The third-order valence-corrected chi connectivity index (χ3v) is 3.27. The molecule has 0 radical (unpaired) electrons. The van der Waals surface area contributed by atoms with Gasteiger partial charge >= 0.3 is 5.97 Å². The Balaban J connectivity index is 2.13. The van der Waals surface area contributed by atoms with Crippen LogP contribution in [-0.4, -0.2) is 29.4 Å². The Labute approximate surface area is 127 Å². The van der Waals surface area contributed by atoms with Crippen molar-refractivity contribution in [3.63, 3.8) is 0 Å². The molecule has 0 aliphatic carbocycles. The zero-order valence-electron chi connectivity index (χ0n) is 11.9. The lowest BCUT2D eigenvalue weighted by atomic mass is 10.1. The molecular weight excluding hydrogens is 292 g/mol. The van der Waals surface area contributed by atoms with Crippen molar-refractivity contribution in [2.24, 2.45) is 7.05 Å². The topological polar surface area (TPSA) is 82.2 Å². The van der Waals surface area contributed by atoms with Gasteiger partial charge in [0.1, 0.15) is 0 Å². The first-order valence-corrected chi connectivity index (χ1v) is 6.78. The molecule has 0 saturated carbocycles. The monoisotopic (exact) mass is 308 g/mol. The second kappa shape index (κ2) is 6.49. The minimum atomic E-state index is -0.482. The van der Waals surface area contributed by atoms with E-state index in [-0.39, 0.29) is 0 Å². The average molecular weight is 309 g/mol. The van der Waals surface area contributed by atoms with Crippen LogP contribution in [-0.2, 0) is 18.2 Å².